The first-order chi connectivity index (χ1) is 11.5. The maximum atomic E-state index is 11.8. The first kappa shape index (κ1) is 16.2. The zero-order valence-electron chi connectivity index (χ0n) is 14.7. The van der Waals surface area contributed by atoms with Gasteiger partial charge in [-0.3, -0.25) is 0 Å². The molecule has 0 saturated carbocycles. The topological polar surface area (TPSA) is 57.0 Å². The summed E-state index contributed by atoms with van der Waals surface area (Å²) in [6.07, 6.45) is 0. The van der Waals surface area contributed by atoms with Gasteiger partial charge in [0.15, 0.2) is 0 Å². The van der Waals surface area contributed by atoms with Gasteiger partial charge in [-0.15, -0.1) is 0 Å². The van der Waals surface area contributed by atoms with Crippen molar-refractivity contribution in [3.05, 3.63) is 52.6 Å². The minimum atomic E-state index is -0.296. The minimum Gasteiger partial charge on any atom is -0.462 e. The maximum Gasteiger partial charge on any atom is 0.338 e. The average Bonchev–Trinajstić information content (AvgIpc) is 2.84. The molecule has 0 aliphatic heterocycles. The molecular formula is C19H21N3O2. The Balaban J connectivity index is 2.15. The molecular weight excluding hydrogens is 302 g/mol. The van der Waals surface area contributed by atoms with E-state index >= 15 is 0 Å². The summed E-state index contributed by atoms with van der Waals surface area (Å²) in [4.78, 5) is 11.8. The number of carbonyl (C=O) groups excluding carboxylic acids is 1. The highest BCUT2D eigenvalue weighted by molar-refractivity contribution is 5.93. The third-order valence-electron chi connectivity index (χ3n) is 4.35. The molecule has 3 rings (SSSR count). The van der Waals surface area contributed by atoms with E-state index in [4.69, 9.17) is 4.74 Å². The molecule has 0 radical (unpaired) electrons. The third kappa shape index (κ3) is 2.46. The van der Waals surface area contributed by atoms with Crippen molar-refractivity contribution in [1.29, 1.82) is 0 Å². The molecule has 0 spiro atoms. The molecule has 0 unspecified atom stereocenters. The normalized spacial score (nSPS) is 11.0. The summed E-state index contributed by atoms with van der Waals surface area (Å²) in [6, 6.07) is 7.48. The molecule has 24 heavy (non-hydrogen) atoms. The molecule has 0 aliphatic carbocycles. The minimum absolute atomic E-state index is 0.296. The fourth-order valence-corrected chi connectivity index (χ4v) is 3.32. The van der Waals surface area contributed by atoms with Crippen LogP contribution in [0.25, 0.3) is 16.5 Å². The van der Waals surface area contributed by atoms with Crippen molar-refractivity contribution in [3.8, 4) is 5.69 Å². The van der Waals surface area contributed by atoms with Crippen LogP contribution < -0.4 is 0 Å². The van der Waals surface area contributed by atoms with Crippen LogP contribution in [0.15, 0.2) is 24.3 Å². The maximum absolute atomic E-state index is 11.8. The SMILES string of the molecule is CCOC(=O)c1ccc(-n2c(C)c3c(C)nnc(C)c3c2C)cc1. The number of carbonyl (C=O) groups is 1. The van der Waals surface area contributed by atoms with Gasteiger partial charge in [-0.1, -0.05) is 0 Å². The molecule has 5 nitrogen and oxygen atoms in total. The van der Waals surface area contributed by atoms with Gasteiger partial charge < -0.3 is 9.30 Å². The van der Waals surface area contributed by atoms with Crippen LogP contribution in [0, 0.1) is 27.7 Å². The number of ether oxygens (including phenoxy) is 1. The van der Waals surface area contributed by atoms with Gasteiger partial charge in [-0.25, -0.2) is 4.79 Å². The lowest BCUT2D eigenvalue weighted by atomic mass is 10.1. The van der Waals surface area contributed by atoms with Gasteiger partial charge >= 0.3 is 5.97 Å². The molecule has 3 aromatic rings. The summed E-state index contributed by atoms with van der Waals surface area (Å²) < 4.78 is 7.22. The van der Waals surface area contributed by atoms with Gasteiger partial charge in [-0.2, -0.15) is 10.2 Å². The van der Waals surface area contributed by atoms with Crippen LogP contribution in [-0.2, 0) is 4.74 Å². The van der Waals surface area contributed by atoms with Crippen LogP contribution in [-0.4, -0.2) is 27.3 Å². The number of benzene rings is 1. The number of nitrogens with zero attached hydrogens (tertiary/aromatic N) is 3. The summed E-state index contributed by atoms with van der Waals surface area (Å²) >= 11 is 0. The summed E-state index contributed by atoms with van der Waals surface area (Å²) in [5.74, 6) is -0.296. The van der Waals surface area contributed by atoms with Crippen LogP contribution in [0.4, 0.5) is 0 Å². The van der Waals surface area contributed by atoms with Crippen molar-refractivity contribution in [2.24, 2.45) is 0 Å². The van der Waals surface area contributed by atoms with E-state index in [0.717, 1.165) is 39.2 Å². The monoisotopic (exact) mass is 323 g/mol. The molecule has 0 fully saturated rings. The van der Waals surface area contributed by atoms with E-state index in [1.807, 2.05) is 26.0 Å². The second kappa shape index (κ2) is 6.07. The predicted molar refractivity (Wildman–Crippen MR) is 93.8 cm³/mol. The predicted octanol–water partition coefficient (Wildman–Crippen LogP) is 3.83. The van der Waals surface area contributed by atoms with Crippen molar-refractivity contribution < 1.29 is 9.53 Å². The Labute approximate surface area is 141 Å². The Bertz CT molecular complexity index is 879. The number of hydrogen-bond donors (Lipinski definition) is 0. The Morgan fingerprint density at radius 2 is 1.46 bits per heavy atom. The standard InChI is InChI=1S/C19H21N3O2/c1-6-24-19(23)15-7-9-16(10-8-15)22-13(4)17-11(2)20-21-12(3)18(17)14(22)5/h7-10H,6H2,1-5H3. The Hall–Kier alpha value is -2.69. The van der Waals surface area contributed by atoms with Crippen molar-refractivity contribution in [1.82, 2.24) is 14.8 Å². The molecule has 124 valence electrons. The summed E-state index contributed by atoms with van der Waals surface area (Å²) in [5, 5.41) is 10.8. The van der Waals surface area contributed by atoms with E-state index in [9.17, 15) is 4.79 Å². The zero-order valence-corrected chi connectivity index (χ0v) is 14.7. The van der Waals surface area contributed by atoms with E-state index in [2.05, 4.69) is 28.6 Å². The Morgan fingerprint density at radius 3 is 1.92 bits per heavy atom. The molecule has 0 amide bonds. The molecule has 0 bridgehead atoms. The molecule has 0 atom stereocenters. The molecule has 0 saturated heterocycles. The van der Waals surface area contributed by atoms with Crippen LogP contribution >= 0.6 is 0 Å². The number of esters is 1. The van der Waals surface area contributed by atoms with Gasteiger partial charge in [0.25, 0.3) is 0 Å². The van der Waals surface area contributed by atoms with Gasteiger partial charge in [0.2, 0.25) is 0 Å². The van der Waals surface area contributed by atoms with Crippen LogP contribution in [0.2, 0.25) is 0 Å². The first-order valence-corrected chi connectivity index (χ1v) is 8.04. The summed E-state index contributed by atoms with van der Waals surface area (Å²) in [6.45, 7) is 10.3. The lowest BCUT2D eigenvalue weighted by Crippen LogP contribution is -2.05. The van der Waals surface area contributed by atoms with Gasteiger partial charge in [0, 0.05) is 27.8 Å². The van der Waals surface area contributed by atoms with E-state index in [0.29, 0.717) is 12.2 Å². The lowest BCUT2D eigenvalue weighted by molar-refractivity contribution is 0.0526. The number of aryl methyl sites for hydroxylation is 4. The van der Waals surface area contributed by atoms with E-state index < -0.39 is 0 Å². The number of hydrogen-bond acceptors (Lipinski definition) is 4. The molecule has 1 aromatic carbocycles. The largest absolute Gasteiger partial charge is 0.462 e. The molecule has 2 heterocycles. The fourth-order valence-electron chi connectivity index (χ4n) is 3.32. The molecule has 0 aliphatic rings. The number of fused-ring (bicyclic) bond motifs is 1. The van der Waals surface area contributed by atoms with Crippen molar-refractivity contribution in [2.75, 3.05) is 6.61 Å². The van der Waals surface area contributed by atoms with Gasteiger partial charge in [0.1, 0.15) is 0 Å². The highest BCUT2D eigenvalue weighted by atomic mass is 16.5. The third-order valence-corrected chi connectivity index (χ3v) is 4.35. The first-order valence-electron chi connectivity index (χ1n) is 8.04. The molecule has 0 N–H and O–H groups in total. The average molecular weight is 323 g/mol. The van der Waals surface area contributed by atoms with Crippen molar-refractivity contribution in [3.63, 3.8) is 0 Å². The zero-order chi connectivity index (χ0) is 17.4. The van der Waals surface area contributed by atoms with Crippen molar-refractivity contribution >= 4 is 16.7 Å². The fraction of sp³-hybridized carbons (Fsp3) is 0.316. The highest BCUT2D eigenvalue weighted by Gasteiger charge is 2.17. The Kier molecular flexibility index (Phi) is 4.09. The van der Waals surface area contributed by atoms with E-state index in [1.54, 1.807) is 19.1 Å². The van der Waals surface area contributed by atoms with Crippen LogP contribution in [0.5, 0.6) is 0 Å². The second-order valence-electron chi connectivity index (χ2n) is 5.89. The number of aromatic nitrogens is 3. The molecule has 5 heteroatoms. The second-order valence-corrected chi connectivity index (χ2v) is 5.89. The summed E-state index contributed by atoms with van der Waals surface area (Å²) in [7, 11) is 0. The highest BCUT2D eigenvalue weighted by Crippen LogP contribution is 2.31. The van der Waals surface area contributed by atoms with Gasteiger partial charge in [0.05, 0.1) is 23.6 Å². The van der Waals surface area contributed by atoms with Crippen LogP contribution in [0.3, 0.4) is 0 Å². The number of rotatable bonds is 3. The molecule has 2 aromatic heterocycles. The summed E-state index contributed by atoms with van der Waals surface area (Å²) in [5.41, 5.74) is 5.68. The van der Waals surface area contributed by atoms with Crippen molar-refractivity contribution in [2.45, 2.75) is 34.6 Å². The van der Waals surface area contributed by atoms with E-state index in [1.165, 1.54) is 0 Å². The quantitative estimate of drug-likeness (QED) is 0.687. The smallest absolute Gasteiger partial charge is 0.338 e. The van der Waals surface area contributed by atoms with E-state index in [-0.39, 0.29) is 5.97 Å². The van der Waals surface area contributed by atoms with Gasteiger partial charge in [-0.05, 0) is 58.9 Å². The lowest BCUT2D eigenvalue weighted by Gasteiger charge is -2.10. The Morgan fingerprint density at radius 1 is 0.958 bits per heavy atom. The van der Waals surface area contributed by atoms with Crippen LogP contribution in [0.1, 0.15) is 40.1 Å².